The van der Waals surface area contributed by atoms with Crippen LogP contribution in [0.2, 0.25) is 0 Å². The van der Waals surface area contributed by atoms with Gasteiger partial charge in [-0.25, -0.2) is 0 Å². The van der Waals surface area contributed by atoms with E-state index < -0.39 is 0 Å². The van der Waals surface area contributed by atoms with Crippen LogP contribution in [-0.4, -0.2) is 12.7 Å². The molecular formula is C8H16O. The Hall–Kier alpha value is -0.0400. The smallest absolute Gasteiger partial charge is 0.0676 e. The third-order valence-corrected chi connectivity index (χ3v) is 2.82. The first-order valence-corrected chi connectivity index (χ1v) is 3.74. The van der Waals surface area contributed by atoms with Crippen molar-refractivity contribution in [2.75, 3.05) is 7.11 Å². The summed E-state index contributed by atoms with van der Waals surface area (Å²) in [7, 11) is 1.82. The first-order chi connectivity index (χ1) is 4.19. The molecule has 0 saturated heterocycles. The maximum Gasteiger partial charge on any atom is 0.0676 e. The monoisotopic (exact) mass is 128 g/mol. The molecule has 0 unspecified atom stereocenters. The SMILES string of the molecule is CO[C@@]1(C)CCC[C@@H]1C. The van der Waals surface area contributed by atoms with Crippen molar-refractivity contribution in [2.45, 2.75) is 38.7 Å². The van der Waals surface area contributed by atoms with Gasteiger partial charge in [-0.1, -0.05) is 13.3 Å². The van der Waals surface area contributed by atoms with Crippen molar-refractivity contribution in [3.05, 3.63) is 0 Å². The molecule has 1 rings (SSSR count). The van der Waals surface area contributed by atoms with Crippen LogP contribution in [0.4, 0.5) is 0 Å². The molecule has 2 atom stereocenters. The van der Waals surface area contributed by atoms with Crippen LogP contribution in [-0.2, 0) is 4.74 Å². The molecule has 0 amide bonds. The minimum Gasteiger partial charge on any atom is -0.378 e. The van der Waals surface area contributed by atoms with Crippen LogP contribution in [0.15, 0.2) is 0 Å². The zero-order chi connectivity index (χ0) is 6.91. The van der Waals surface area contributed by atoms with Crippen molar-refractivity contribution in [1.82, 2.24) is 0 Å². The second-order valence-electron chi connectivity index (χ2n) is 3.31. The molecule has 0 aromatic carbocycles. The number of hydrogen-bond acceptors (Lipinski definition) is 1. The topological polar surface area (TPSA) is 9.23 Å². The highest BCUT2D eigenvalue weighted by atomic mass is 16.5. The van der Waals surface area contributed by atoms with Gasteiger partial charge in [0.05, 0.1) is 5.60 Å². The van der Waals surface area contributed by atoms with E-state index in [2.05, 4.69) is 13.8 Å². The fourth-order valence-corrected chi connectivity index (χ4v) is 1.61. The molecule has 0 spiro atoms. The van der Waals surface area contributed by atoms with Crippen molar-refractivity contribution in [3.63, 3.8) is 0 Å². The van der Waals surface area contributed by atoms with Crippen molar-refractivity contribution < 1.29 is 4.74 Å². The zero-order valence-corrected chi connectivity index (χ0v) is 6.61. The largest absolute Gasteiger partial charge is 0.378 e. The third-order valence-electron chi connectivity index (χ3n) is 2.82. The molecule has 0 N–H and O–H groups in total. The Balaban J connectivity index is 2.56. The predicted octanol–water partition coefficient (Wildman–Crippen LogP) is 2.21. The van der Waals surface area contributed by atoms with Gasteiger partial charge < -0.3 is 4.74 Å². The number of ether oxygens (including phenoxy) is 1. The van der Waals surface area contributed by atoms with Gasteiger partial charge in [-0.3, -0.25) is 0 Å². The Bertz CT molecular complexity index is 101. The highest BCUT2D eigenvalue weighted by Crippen LogP contribution is 2.37. The predicted molar refractivity (Wildman–Crippen MR) is 38.4 cm³/mol. The van der Waals surface area contributed by atoms with Gasteiger partial charge >= 0.3 is 0 Å². The summed E-state index contributed by atoms with van der Waals surface area (Å²) in [6.07, 6.45) is 3.92. The first kappa shape index (κ1) is 7.07. The third kappa shape index (κ3) is 1.11. The van der Waals surface area contributed by atoms with E-state index in [1.54, 1.807) is 0 Å². The molecule has 0 aromatic heterocycles. The molecule has 1 heteroatoms. The molecule has 0 aromatic rings. The van der Waals surface area contributed by atoms with Crippen molar-refractivity contribution in [2.24, 2.45) is 5.92 Å². The molecule has 1 aliphatic rings. The Morgan fingerprint density at radius 1 is 1.56 bits per heavy atom. The average Bonchev–Trinajstić information content (AvgIpc) is 2.15. The Morgan fingerprint density at radius 3 is 2.44 bits per heavy atom. The average molecular weight is 128 g/mol. The fraction of sp³-hybridized carbons (Fsp3) is 1.00. The molecule has 1 aliphatic carbocycles. The minimum absolute atomic E-state index is 0.194. The highest BCUT2D eigenvalue weighted by Gasteiger charge is 2.35. The number of rotatable bonds is 1. The van der Waals surface area contributed by atoms with Crippen LogP contribution < -0.4 is 0 Å². The normalized spacial score (nSPS) is 43.7. The molecule has 54 valence electrons. The Kier molecular flexibility index (Phi) is 1.80. The second kappa shape index (κ2) is 2.30. The molecule has 0 heterocycles. The maximum absolute atomic E-state index is 5.41. The molecule has 0 aliphatic heterocycles. The van der Waals surface area contributed by atoms with Crippen molar-refractivity contribution in [1.29, 1.82) is 0 Å². The van der Waals surface area contributed by atoms with Crippen LogP contribution in [0.3, 0.4) is 0 Å². The maximum atomic E-state index is 5.41. The van der Waals surface area contributed by atoms with Crippen LogP contribution in [0.25, 0.3) is 0 Å². The molecule has 0 bridgehead atoms. The molecule has 1 nitrogen and oxygen atoms in total. The lowest BCUT2D eigenvalue weighted by molar-refractivity contribution is -0.0196. The van der Waals surface area contributed by atoms with E-state index in [0.717, 1.165) is 5.92 Å². The summed E-state index contributed by atoms with van der Waals surface area (Å²) >= 11 is 0. The van der Waals surface area contributed by atoms with E-state index in [-0.39, 0.29) is 5.60 Å². The molecular weight excluding hydrogens is 112 g/mol. The van der Waals surface area contributed by atoms with Gasteiger partial charge in [0.25, 0.3) is 0 Å². The summed E-state index contributed by atoms with van der Waals surface area (Å²) in [6, 6.07) is 0. The van der Waals surface area contributed by atoms with Gasteiger partial charge in [0.15, 0.2) is 0 Å². The number of hydrogen-bond donors (Lipinski definition) is 0. The van der Waals surface area contributed by atoms with Crippen molar-refractivity contribution in [3.8, 4) is 0 Å². The minimum atomic E-state index is 0.194. The standard InChI is InChI=1S/C8H16O/c1-7-5-4-6-8(7,2)9-3/h7H,4-6H2,1-3H3/t7-,8-/m0/s1. The van der Waals surface area contributed by atoms with E-state index in [1.807, 2.05) is 7.11 Å². The lowest BCUT2D eigenvalue weighted by atomic mass is 9.95. The van der Waals surface area contributed by atoms with Gasteiger partial charge in [-0.05, 0) is 25.7 Å². The van der Waals surface area contributed by atoms with E-state index in [1.165, 1.54) is 19.3 Å². The molecule has 9 heavy (non-hydrogen) atoms. The van der Waals surface area contributed by atoms with E-state index in [9.17, 15) is 0 Å². The molecule has 0 radical (unpaired) electrons. The summed E-state index contributed by atoms with van der Waals surface area (Å²) < 4.78 is 5.41. The highest BCUT2D eigenvalue weighted by molar-refractivity contribution is 4.86. The van der Waals surface area contributed by atoms with Gasteiger partial charge in [-0.2, -0.15) is 0 Å². The Morgan fingerprint density at radius 2 is 2.22 bits per heavy atom. The van der Waals surface area contributed by atoms with Crippen molar-refractivity contribution >= 4 is 0 Å². The first-order valence-electron chi connectivity index (χ1n) is 3.74. The van der Waals surface area contributed by atoms with Gasteiger partial charge in [0.1, 0.15) is 0 Å². The van der Waals surface area contributed by atoms with Crippen LogP contribution in [0.1, 0.15) is 33.1 Å². The van der Waals surface area contributed by atoms with Crippen LogP contribution in [0.5, 0.6) is 0 Å². The summed E-state index contributed by atoms with van der Waals surface area (Å²) in [4.78, 5) is 0. The van der Waals surface area contributed by atoms with Gasteiger partial charge in [0.2, 0.25) is 0 Å². The van der Waals surface area contributed by atoms with E-state index in [4.69, 9.17) is 4.74 Å². The summed E-state index contributed by atoms with van der Waals surface area (Å²) in [6.45, 7) is 4.49. The lowest BCUT2D eigenvalue weighted by Crippen LogP contribution is -2.29. The van der Waals surface area contributed by atoms with Gasteiger partial charge in [-0.15, -0.1) is 0 Å². The van der Waals surface area contributed by atoms with Crippen LogP contribution >= 0.6 is 0 Å². The Labute approximate surface area is 57.4 Å². The molecule has 1 saturated carbocycles. The van der Waals surface area contributed by atoms with E-state index >= 15 is 0 Å². The van der Waals surface area contributed by atoms with E-state index in [0.29, 0.717) is 0 Å². The number of methoxy groups -OCH3 is 1. The van der Waals surface area contributed by atoms with Gasteiger partial charge in [0, 0.05) is 7.11 Å². The summed E-state index contributed by atoms with van der Waals surface area (Å²) in [5.41, 5.74) is 0.194. The summed E-state index contributed by atoms with van der Waals surface area (Å²) in [5.74, 6) is 0.752. The fourth-order valence-electron chi connectivity index (χ4n) is 1.61. The zero-order valence-electron chi connectivity index (χ0n) is 6.61. The second-order valence-corrected chi connectivity index (χ2v) is 3.31. The summed E-state index contributed by atoms with van der Waals surface area (Å²) in [5, 5.41) is 0. The van der Waals surface area contributed by atoms with Crippen LogP contribution in [0, 0.1) is 5.92 Å². The lowest BCUT2D eigenvalue weighted by Gasteiger charge is -2.27. The quantitative estimate of drug-likeness (QED) is 0.526. The molecule has 1 fully saturated rings.